The molecule has 0 aromatic rings. The molecule has 1 aliphatic heterocycles. The molecule has 1 heterocycles. The van der Waals surface area contributed by atoms with Crippen LogP contribution >= 0.6 is 0 Å². The van der Waals surface area contributed by atoms with E-state index >= 15 is 0 Å². The average Bonchev–Trinajstić information content (AvgIpc) is 2.29. The number of allylic oxidation sites excluding steroid dienone is 1. The van der Waals surface area contributed by atoms with Crippen LogP contribution in [0.1, 0.15) is 39.0 Å². The molecule has 1 fully saturated rings. The Labute approximate surface area is 72.6 Å². The van der Waals surface area contributed by atoms with Crippen LogP contribution < -0.4 is 0 Å². The van der Waals surface area contributed by atoms with Crippen LogP contribution in [0.3, 0.4) is 0 Å². The van der Waals surface area contributed by atoms with Gasteiger partial charge >= 0.3 is 5.97 Å². The molecule has 66 valence electrons. The van der Waals surface area contributed by atoms with Crippen LogP contribution in [-0.4, -0.2) is 5.97 Å². The van der Waals surface area contributed by atoms with E-state index in [4.69, 9.17) is 4.74 Å². The van der Waals surface area contributed by atoms with E-state index in [1.54, 1.807) is 0 Å². The lowest BCUT2D eigenvalue weighted by molar-refractivity contribution is -0.146. The van der Waals surface area contributed by atoms with E-state index in [9.17, 15) is 4.79 Å². The van der Waals surface area contributed by atoms with Crippen molar-refractivity contribution in [2.24, 2.45) is 5.41 Å². The molecule has 0 unspecified atom stereocenters. The molecule has 0 N–H and O–H groups in total. The van der Waals surface area contributed by atoms with Crippen molar-refractivity contribution >= 4 is 5.97 Å². The zero-order valence-corrected chi connectivity index (χ0v) is 7.43. The third-order valence-corrected chi connectivity index (χ3v) is 2.89. The molecule has 1 saturated carbocycles. The Morgan fingerprint density at radius 1 is 1.33 bits per heavy atom. The largest absolute Gasteiger partial charge is 0.431 e. The molecule has 0 radical (unpaired) electrons. The fourth-order valence-electron chi connectivity index (χ4n) is 2.26. The maximum absolute atomic E-state index is 11.5. The standard InChI is InChI=1S/C10H14O2/c1-8-7-10(9(11)12-8)5-3-2-4-6-10/h7H,2-6H2,1H3. The Kier molecular flexibility index (Phi) is 1.71. The van der Waals surface area contributed by atoms with Crippen molar-refractivity contribution in [2.45, 2.75) is 39.0 Å². The summed E-state index contributed by atoms with van der Waals surface area (Å²) in [6.07, 6.45) is 7.60. The van der Waals surface area contributed by atoms with Crippen molar-refractivity contribution in [1.82, 2.24) is 0 Å². The molecule has 0 saturated heterocycles. The van der Waals surface area contributed by atoms with Crippen molar-refractivity contribution in [3.05, 3.63) is 11.8 Å². The van der Waals surface area contributed by atoms with Gasteiger partial charge in [-0.15, -0.1) is 0 Å². The number of carbonyl (C=O) groups excluding carboxylic acids is 1. The normalized spacial score (nSPS) is 27.1. The lowest BCUT2D eigenvalue weighted by Crippen LogP contribution is -2.28. The molecule has 2 rings (SSSR count). The molecule has 2 nitrogen and oxygen atoms in total. The summed E-state index contributed by atoms with van der Waals surface area (Å²) in [5.41, 5.74) is -0.220. The zero-order chi connectivity index (χ0) is 8.60. The van der Waals surface area contributed by atoms with E-state index in [0.29, 0.717) is 0 Å². The second kappa shape index (κ2) is 2.61. The van der Waals surface area contributed by atoms with E-state index in [1.165, 1.54) is 19.3 Å². The second-order valence-corrected chi connectivity index (χ2v) is 3.86. The molecule has 2 aliphatic rings. The van der Waals surface area contributed by atoms with Gasteiger partial charge in [0.2, 0.25) is 0 Å². The predicted octanol–water partition coefficient (Wildman–Crippen LogP) is 2.40. The van der Waals surface area contributed by atoms with E-state index in [1.807, 2.05) is 13.0 Å². The molecule has 1 spiro atoms. The van der Waals surface area contributed by atoms with Gasteiger partial charge in [-0.05, 0) is 25.8 Å². The topological polar surface area (TPSA) is 26.3 Å². The number of esters is 1. The maximum Gasteiger partial charge on any atom is 0.321 e. The first-order valence-corrected chi connectivity index (χ1v) is 4.65. The molecule has 0 aromatic heterocycles. The highest BCUT2D eigenvalue weighted by molar-refractivity contribution is 5.82. The third-order valence-electron chi connectivity index (χ3n) is 2.89. The summed E-state index contributed by atoms with van der Waals surface area (Å²) in [7, 11) is 0. The Hall–Kier alpha value is -0.790. The predicted molar refractivity (Wildman–Crippen MR) is 45.4 cm³/mol. The maximum atomic E-state index is 11.5. The summed E-state index contributed by atoms with van der Waals surface area (Å²) >= 11 is 0. The van der Waals surface area contributed by atoms with Gasteiger partial charge < -0.3 is 4.74 Å². The Bertz CT molecular complexity index is 234. The SMILES string of the molecule is CC1=CC2(CCCCC2)C(=O)O1. The molecular weight excluding hydrogens is 152 g/mol. The number of hydrogen-bond acceptors (Lipinski definition) is 2. The van der Waals surface area contributed by atoms with E-state index in [2.05, 4.69) is 0 Å². The average molecular weight is 166 g/mol. The van der Waals surface area contributed by atoms with Crippen molar-refractivity contribution in [2.75, 3.05) is 0 Å². The molecule has 0 aromatic carbocycles. The summed E-state index contributed by atoms with van der Waals surface area (Å²) in [5.74, 6) is 0.779. The van der Waals surface area contributed by atoms with E-state index in [0.717, 1.165) is 18.6 Å². The van der Waals surface area contributed by atoms with Crippen LogP contribution in [-0.2, 0) is 9.53 Å². The molecule has 2 heteroatoms. The minimum atomic E-state index is -0.220. The highest BCUT2D eigenvalue weighted by Crippen LogP contribution is 2.43. The summed E-state index contributed by atoms with van der Waals surface area (Å²) in [4.78, 5) is 11.5. The lowest BCUT2D eigenvalue weighted by Gasteiger charge is -2.27. The van der Waals surface area contributed by atoms with E-state index < -0.39 is 0 Å². The molecule has 0 bridgehead atoms. The number of cyclic esters (lactones) is 1. The number of hydrogen-bond donors (Lipinski definition) is 0. The minimum Gasteiger partial charge on any atom is -0.431 e. The van der Waals surface area contributed by atoms with Gasteiger partial charge in [0, 0.05) is 0 Å². The van der Waals surface area contributed by atoms with Gasteiger partial charge in [0.05, 0.1) is 5.41 Å². The van der Waals surface area contributed by atoms with Gasteiger partial charge in [-0.25, -0.2) is 0 Å². The first kappa shape index (κ1) is 7.84. The van der Waals surface area contributed by atoms with Crippen LogP contribution in [0.2, 0.25) is 0 Å². The van der Waals surface area contributed by atoms with Gasteiger partial charge in [-0.1, -0.05) is 19.3 Å². The lowest BCUT2D eigenvalue weighted by atomic mass is 9.75. The summed E-state index contributed by atoms with van der Waals surface area (Å²) in [6, 6.07) is 0. The van der Waals surface area contributed by atoms with Crippen LogP contribution in [0.15, 0.2) is 11.8 Å². The quantitative estimate of drug-likeness (QED) is 0.516. The van der Waals surface area contributed by atoms with Crippen molar-refractivity contribution in [1.29, 1.82) is 0 Å². The zero-order valence-electron chi connectivity index (χ0n) is 7.43. The Morgan fingerprint density at radius 2 is 2.00 bits per heavy atom. The first-order chi connectivity index (χ1) is 5.73. The Morgan fingerprint density at radius 3 is 2.50 bits per heavy atom. The van der Waals surface area contributed by atoms with Crippen LogP contribution in [0.4, 0.5) is 0 Å². The minimum absolute atomic E-state index is 0.0142. The first-order valence-electron chi connectivity index (χ1n) is 4.65. The third kappa shape index (κ3) is 1.06. The van der Waals surface area contributed by atoms with Crippen LogP contribution in [0.5, 0.6) is 0 Å². The van der Waals surface area contributed by atoms with Gasteiger partial charge in [0.15, 0.2) is 0 Å². The van der Waals surface area contributed by atoms with Gasteiger partial charge in [0.1, 0.15) is 5.76 Å². The highest BCUT2D eigenvalue weighted by atomic mass is 16.5. The van der Waals surface area contributed by atoms with Crippen molar-refractivity contribution in [3.63, 3.8) is 0 Å². The molecule has 0 amide bonds. The highest BCUT2D eigenvalue weighted by Gasteiger charge is 2.43. The molecular formula is C10H14O2. The monoisotopic (exact) mass is 166 g/mol. The fourth-order valence-corrected chi connectivity index (χ4v) is 2.26. The fraction of sp³-hybridized carbons (Fsp3) is 0.700. The molecule has 0 atom stereocenters. The van der Waals surface area contributed by atoms with Crippen LogP contribution in [0.25, 0.3) is 0 Å². The Balaban J connectivity index is 2.23. The summed E-state index contributed by atoms with van der Waals surface area (Å²) in [6.45, 7) is 1.86. The van der Waals surface area contributed by atoms with Gasteiger partial charge in [-0.2, -0.15) is 0 Å². The van der Waals surface area contributed by atoms with Gasteiger partial charge in [0.25, 0.3) is 0 Å². The summed E-state index contributed by atoms with van der Waals surface area (Å²) < 4.78 is 5.08. The van der Waals surface area contributed by atoms with Crippen molar-refractivity contribution in [3.8, 4) is 0 Å². The van der Waals surface area contributed by atoms with Gasteiger partial charge in [-0.3, -0.25) is 4.79 Å². The number of ether oxygens (including phenoxy) is 1. The van der Waals surface area contributed by atoms with Crippen LogP contribution in [0, 0.1) is 5.41 Å². The molecule has 1 aliphatic carbocycles. The molecule has 12 heavy (non-hydrogen) atoms. The number of rotatable bonds is 0. The summed E-state index contributed by atoms with van der Waals surface area (Å²) in [5, 5.41) is 0. The number of carbonyl (C=O) groups is 1. The second-order valence-electron chi connectivity index (χ2n) is 3.86. The van der Waals surface area contributed by atoms with Crippen molar-refractivity contribution < 1.29 is 9.53 Å². The van der Waals surface area contributed by atoms with E-state index in [-0.39, 0.29) is 11.4 Å². The smallest absolute Gasteiger partial charge is 0.321 e.